The molecule has 0 amide bonds. The summed E-state index contributed by atoms with van der Waals surface area (Å²) in [5.41, 5.74) is 1.04. The van der Waals surface area contributed by atoms with Gasteiger partial charge in [0.05, 0.1) is 25.5 Å². The highest BCUT2D eigenvalue weighted by atomic mass is 32.2. The Kier molecular flexibility index (Phi) is 4.81. The van der Waals surface area contributed by atoms with E-state index in [4.69, 9.17) is 14.6 Å². The van der Waals surface area contributed by atoms with E-state index in [0.717, 1.165) is 23.3 Å². The fourth-order valence-corrected chi connectivity index (χ4v) is 3.18. The molecule has 0 spiro atoms. The number of hydrogen-bond acceptors (Lipinski definition) is 4. The second-order valence-corrected chi connectivity index (χ2v) is 5.85. The summed E-state index contributed by atoms with van der Waals surface area (Å²) < 4.78 is 10.8. The maximum Gasteiger partial charge on any atom is 0.303 e. The monoisotopic (exact) mass is 296 g/mol. The van der Waals surface area contributed by atoms with Gasteiger partial charge in [0.1, 0.15) is 0 Å². The average Bonchev–Trinajstić information content (AvgIpc) is 3.27. The van der Waals surface area contributed by atoms with Crippen LogP contribution >= 0.6 is 11.8 Å². The molecule has 0 bridgehead atoms. The number of carbonyl (C=O) groups is 1. The first kappa shape index (κ1) is 15.0. The van der Waals surface area contributed by atoms with Crippen molar-refractivity contribution >= 4 is 17.7 Å². The van der Waals surface area contributed by atoms with E-state index in [1.54, 1.807) is 26.0 Å². The van der Waals surface area contributed by atoms with Gasteiger partial charge in [-0.1, -0.05) is 0 Å². The number of hydrogen-bond donors (Lipinski definition) is 1. The van der Waals surface area contributed by atoms with Crippen LogP contribution in [0.3, 0.4) is 0 Å². The number of benzene rings is 1. The Morgan fingerprint density at radius 2 is 2.10 bits per heavy atom. The number of aliphatic carboxylic acids is 1. The van der Waals surface area contributed by atoms with E-state index in [1.807, 2.05) is 18.4 Å². The van der Waals surface area contributed by atoms with Crippen LogP contribution in [0.1, 0.15) is 30.7 Å². The molecular weight excluding hydrogens is 276 g/mol. The second-order valence-electron chi connectivity index (χ2n) is 5.00. The van der Waals surface area contributed by atoms with Gasteiger partial charge in [-0.2, -0.15) is 0 Å². The Morgan fingerprint density at radius 3 is 2.55 bits per heavy atom. The molecule has 0 aliphatic heterocycles. The fourth-order valence-electron chi connectivity index (χ4n) is 2.56. The first-order valence-electron chi connectivity index (χ1n) is 6.62. The number of carboxylic acids is 1. The zero-order valence-electron chi connectivity index (χ0n) is 12.0. The Bertz CT molecular complexity index is 472. The largest absolute Gasteiger partial charge is 0.493 e. The van der Waals surface area contributed by atoms with Gasteiger partial charge in [0.25, 0.3) is 0 Å². The fraction of sp³-hybridized carbons (Fsp3) is 0.533. The summed E-state index contributed by atoms with van der Waals surface area (Å²) >= 11 is 1.58. The summed E-state index contributed by atoms with van der Waals surface area (Å²) in [6.07, 6.45) is 4.38. The number of carboxylic acid groups (broad SMARTS) is 1. The number of methoxy groups -OCH3 is 2. The van der Waals surface area contributed by atoms with Crippen LogP contribution in [0.15, 0.2) is 17.0 Å². The van der Waals surface area contributed by atoms with E-state index in [1.165, 1.54) is 0 Å². The van der Waals surface area contributed by atoms with E-state index in [-0.39, 0.29) is 12.3 Å². The van der Waals surface area contributed by atoms with E-state index in [0.29, 0.717) is 17.4 Å². The normalized spacial score (nSPS) is 15.8. The lowest BCUT2D eigenvalue weighted by Gasteiger charge is -2.19. The molecule has 1 aliphatic carbocycles. The van der Waals surface area contributed by atoms with Crippen molar-refractivity contribution in [2.24, 2.45) is 5.92 Å². The molecule has 110 valence electrons. The highest BCUT2D eigenvalue weighted by molar-refractivity contribution is 7.98. The van der Waals surface area contributed by atoms with E-state index < -0.39 is 5.97 Å². The Balaban J connectivity index is 2.41. The predicted molar refractivity (Wildman–Crippen MR) is 79.0 cm³/mol. The lowest BCUT2D eigenvalue weighted by atomic mass is 9.91. The molecule has 1 atom stereocenters. The Morgan fingerprint density at radius 1 is 1.40 bits per heavy atom. The third kappa shape index (κ3) is 3.20. The van der Waals surface area contributed by atoms with Crippen LogP contribution in [-0.4, -0.2) is 31.6 Å². The van der Waals surface area contributed by atoms with Crippen molar-refractivity contribution in [2.75, 3.05) is 20.5 Å². The minimum Gasteiger partial charge on any atom is -0.493 e. The maximum atomic E-state index is 11.1. The molecule has 5 heteroatoms. The molecule has 0 heterocycles. The minimum atomic E-state index is -0.748. The molecule has 20 heavy (non-hydrogen) atoms. The lowest BCUT2D eigenvalue weighted by Crippen LogP contribution is -2.09. The Hall–Kier alpha value is -1.36. The maximum absolute atomic E-state index is 11.1. The van der Waals surface area contributed by atoms with Gasteiger partial charge in [0, 0.05) is 0 Å². The van der Waals surface area contributed by atoms with Crippen LogP contribution in [-0.2, 0) is 4.79 Å². The van der Waals surface area contributed by atoms with Crippen LogP contribution < -0.4 is 9.47 Å². The molecule has 1 aromatic carbocycles. The Labute approximate surface area is 123 Å². The number of ether oxygens (including phenoxy) is 2. The van der Waals surface area contributed by atoms with Crippen LogP contribution in [0.4, 0.5) is 0 Å². The second kappa shape index (κ2) is 6.39. The molecule has 1 fully saturated rings. The lowest BCUT2D eigenvalue weighted by molar-refractivity contribution is -0.137. The summed E-state index contributed by atoms with van der Waals surface area (Å²) in [7, 11) is 3.22. The van der Waals surface area contributed by atoms with Gasteiger partial charge in [0.2, 0.25) is 0 Å². The van der Waals surface area contributed by atoms with Crippen molar-refractivity contribution in [1.82, 2.24) is 0 Å². The number of thioether (sulfide) groups is 1. The van der Waals surface area contributed by atoms with Gasteiger partial charge >= 0.3 is 5.97 Å². The minimum absolute atomic E-state index is 0.0678. The topological polar surface area (TPSA) is 55.8 Å². The van der Waals surface area contributed by atoms with Crippen molar-refractivity contribution < 1.29 is 19.4 Å². The molecule has 2 rings (SSSR count). The smallest absolute Gasteiger partial charge is 0.303 e. The van der Waals surface area contributed by atoms with E-state index >= 15 is 0 Å². The van der Waals surface area contributed by atoms with Crippen LogP contribution in [0, 0.1) is 5.92 Å². The first-order chi connectivity index (χ1) is 9.60. The van der Waals surface area contributed by atoms with Crippen molar-refractivity contribution in [2.45, 2.75) is 30.1 Å². The molecule has 1 unspecified atom stereocenters. The van der Waals surface area contributed by atoms with Gasteiger partial charge in [-0.05, 0) is 48.6 Å². The van der Waals surface area contributed by atoms with Gasteiger partial charge in [-0.3, -0.25) is 4.79 Å². The highest BCUT2D eigenvalue weighted by Crippen LogP contribution is 2.48. The standard InChI is InChI=1S/C15H20O4S/c1-18-12-6-10(7-13(20-3)15(12)19-2)11(8-14(16)17)9-4-5-9/h6-7,9,11H,4-5,8H2,1-3H3,(H,16,17). The summed E-state index contributed by atoms with van der Waals surface area (Å²) in [4.78, 5) is 12.1. The summed E-state index contributed by atoms with van der Waals surface area (Å²) in [5.74, 6) is 1.19. The molecule has 0 radical (unpaired) electrons. The third-order valence-electron chi connectivity index (χ3n) is 3.70. The van der Waals surface area contributed by atoms with Crippen molar-refractivity contribution in [3.05, 3.63) is 17.7 Å². The molecule has 4 nitrogen and oxygen atoms in total. The number of rotatable bonds is 7. The third-order valence-corrected chi connectivity index (χ3v) is 4.44. The van der Waals surface area contributed by atoms with Crippen LogP contribution in [0.25, 0.3) is 0 Å². The van der Waals surface area contributed by atoms with Gasteiger partial charge in [0.15, 0.2) is 11.5 Å². The van der Waals surface area contributed by atoms with E-state index in [9.17, 15) is 4.79 Å². The predicted octanol–water partition coefficient (Wildman–Crippen LogP) is 3.39. The summed E-state index contributed by atoms with van der Waals surface area (Å²) in [6.45, 7) is 0. The molecule has 1 saturated carbocycles. The summed E-state index contributed by atoms with van der Waals surface area (Å²) in [5, 5.41) is 9.11. The van der Waals surface area contributed by atoms with Crippen LogP contribution in [0.5, 0.6) is 11.5 Å². The van der Waals surface area contributed by atoms with Crippen LogP contribution in [0.2, 0.25) is 0 Å². The molecule has 1 aromatic rings. The molecular formula is C15H20O4S. The summed E-state index contributed by atoms with van der Waals surface area (Å²) in [6, 6.07) is 3.96. The first-order valence-corrected chi connectivity index (χ1v) is 7.84. The van der Waals surface area contributed by atoms with Crippen molar-refractivity contribution in [3.63, 3.8) is 0 Å². The highest BCUT2D eigenvalue weighted by Gasteiger charge is 2.34. The zero-order valence-corrected chi connectivity index (χ0v) is 12.8. The van der Waals surface area contributed by atoms with Gasteiger partial charge < -0.3 is 14.6 Å². The molecule has 1 N–H and O–H groups in total. The SMILES string of the molecule is COc1cc(C(CC(=O)O)C2CC2)cc(SC)c1OC. The quantitative estimate of drug-likeness (QED) is 0.782. The molecule has 0 saturated heterocycles. The van der Waals surface area contributed by atoms with Crippen molar-refractivity contribution in [3.8, 4) is 11.5 Å². The molecule has 1 aliphatic rings. The van der Waals surface area contributed by atoms with Gasteiger partial charge in [-0.25, -0.2) is 0 Å². The van der Waals surface area contributed by atoms with E-state index in [2.05, 4.69) is 0 Å². The molecule has 0 aromatic heterocycles. The van der Waals surface area contributed by atoms with Crippen molar-refractivity contribution in [1.29, 1.82) is 0 Å². The van der Waals surface area contributed by atoms with Gasteiger partial charge in [-0.15, -0.1) is 11.8 Å². The average molecular weight is 296 g/mol. The zero-order chi connectivity index (χ0) is 14.7.